The Morgan fingerprint density at radius 2 is 1.53 bits per heavy atom. The highest BCUT2D eigenvalue weighted by Crippen LogP contribution is 2.48. The zero-order valence-electron chi connectivity index (χ0n) is 21.4. The topological polar surface area (TPSA) is 102 Å². The van der Waals surface area contributed by atoms with Crippen LogP contribution in [0, 0.1) is 6.92 Å². The van der Waals surface area contributed by atoms with E-state index in [0.29, 0.717) is 41.4 Å². The molecule has 1 N–H and O–H groups in total. The first-order valence-corrected chi connectivity index (χ1v) is 12.4. The molecule has 0 radical (unpaired) electrons. The average molecular weight is 513 g/mol. The van der Waals surface area contributed by atoms with Crippen LogP contribution in [0.3, 0.4) is 0 Å². The van der Waals surface area contributed by atoms with Crippen molar-refractivity contribution in [3.8, 4) is 28.2 Å². The Labute approximate surface area is 220 Å². The van der Waals surface area contributed by atoms with Crippen molar-refractivity contribution in [3.63, 3.8) is 0 Å². The van der Waals surface area contributed by atoms with Gasteiger partial charge in [0.05, 0.1) is 24.8 Å². The van der Waals surface area contributed by atoms with Gasteiger partial charge >= 0.3 is 12.1 Å². The van der Waals surface area contributed by atoms with Crippen LogP contribution in [0.1, 0.15) is 31.0 Å². The maximum absolute atomic E-state index is 13.1. The number of anilines is 2. The quantitative estimate of drug-likeness (QED) is 0.279. The molecule has 1 aliphatic rings. The molecule has 0 bridgehead atoms. The van der Waals surface area contributed by atoms with Crippen LogP contribution in [0.5, 0.6) is 5.75 Å². The number of amides is 1. The van der Waals surface area contributed by atoms with Gasteiger partial charge in [-0.1, -0.05) is 53.7 Å². The standard InChI is InChI=1S/C30H28N2O6/c1-4-37-29(35)32(24-13-15-25(36-3)16-14-24)26-19(2)31-38-27(26)22-7-5-20(6-8-22)21-9-11-23(12-10-21)30(17-18-30)28(33)34/h5-16H,4,17-18H2,1-3H3,(H,33,34). The van der Waals surface area contributed by atoms with Gasteiger partial charge in [-0.2, -0.15) is 0 Å². The highest BCUT2D eigenvalue weighted by molar-refractivity contribution is 6.00. The van der Waals surface area contributed by atoms with E-state index in [2.05, 4.69) is 5.16 Å². The normalized spacial score (nSPS) is 13.6. The zero-order chi connectivity index (χ0) is 26.9. The highest BCUT2D eigenvalue weighted by Gasteiger charge is 2.51. The lowest BCUT2D eigenvalue weighted by atomic mass is 9.93. The van der Waals surface area contributed by atoms with E-state index in [0.717, 1.165) is 22.3 Å². The van der Waals surface area contributed by atoms with Gasteiger partial charge < -0.3 is 19.1 Å². The smallest absolute Gasteiger partial charge is 0.419 e. The molecule has 3 aromatic carbocycles. The number of aromatic nitrogens is 1. The van der Waals surface area contributed by atoms with Crippen molar-refractivity contribution in [1.29, 1.82) is 0 Å². The molecule has 5 rings (SSSR count). The van der Waals surface area contributed by atoms with E-state index in [4.69, 9.17) is 14.0 Å². The third kappa shape index (κ3) is 4.49. The number of aryl methyl sites for hydroxylation is 1. The predicted octanol–water partition coefficient (Wildman–Crippen LogP) is 6.74. The van der Waals surface area contributed by atoms with Gasteiger partial charge in [-0.05, 0) is 67.6 Å². The predicted molar refractivity (Wildman–Crippen MR) is 143 cm³/mol. The Bertz CT molecular complexity index is 1450. The Balaban J connectivity index is 1.47. The fourth-order valence-electron chi connectivity index (χ4n) is 4.61. The van der Waals surface area contributed by atoms with Crippen LogP contribution in [0.4, 0.5) is 16.2 Å². The Kier molecular flexibility index (Phi) is 6.63. The van der Waals surface area contributed by atoms with E-state index < -0.39 is 17.5 Å². The van der Waals surface area contributed by atoms with Crippen LogP contribution >= 0.6 is 0 Å². The molecular weight excluding hydrogens is 484 g/mol. The lowest BCUT2D eigenvalue weighted by molar-refractivity contribution is -0.140. The van der Waals surface area contributed by atoms with Crippen molar-refractivity contribution in [2.24, 2.45) is 0 Å². The third-order valence-electron chi connectivity index (χ3n) is 6.91. The Morgan fingerprint density at radius 1 is 0.947 bits per heavy atom. The van der Waals surface area contributed by atoms with Crippen LogP contribution in [-0.2, 0) is 14.9 Å². The van der Waals surface area contributed by atoms with Gasteiger partial charge in [-0.25, -0.2) is 9.69 Å². The molecular formula is C30H28N2O6. The van der Waals surface area contributed by atoms with Crippen molar-refractivity contribution in [2.45, 2.75) is 32.1 Å². The number of aliphatic carboxylic acids is 1. The lowest BCUT2D eigenvalue weighted by Gasteiger charge is -2.22. The summed E-state index contributed by atoms with van der Waals surface area (Å²) in [6.45, 7) is 3.74. The van der Waals surface area contributed by atoms with Gasteiger partial charge in [0, 0.05) is 5.56 Å². The second kappa shape index (κ2) is 10.0. The highest BCUT2D eigenvalue weighted by atomic mass is 16.6. The number of methoxy groups -OCH3 is 1. The zero-order valence-corrected chi connectivity index (χ0v) is 21.4. The van der Waals surface area contributed by atoms with Crippen molar-refractivity contribution < 1.29 is 28.7 Å². The number of benzene rings is 3. The second-order valence-corrected chi connectivity index (χ2v) is 9.22. The summed E-state index contributed by atoms with van der Waals surface area (Å²) in [7, 11) is 1.58. The summed E-state index contributed by atoms with van der Waals surface area (Å²) in [5.74, 6) is 0.336. The van der Waals surface area contributed by atoms with Crippen molar-refractivity contribution in [3.05, 3.63) is 84.1 Å². The average Bonchev–Trinajstić information content (AvgIpc) is 3.68. The molecule has 0 atom stereocenters. The van der Waals surface area contributed by atoms with Gasteiger partial charge in [0.25, 0.3) is 0 Å². The number of carbonyl (C=O) groups excluding carboxylic acids is 1. The summed E-state index contributed by atoms with van der Waals surface area (Å²) in [5, 5.41) is 13.7. The maximum Gasteiger partial charge on any atom is 0.419 e. The van der Waals surface area contributed by atoms with Crippen molar-refractivity contribution >= 4 is 23.4 Å². The molecule has 1 aromatic heterocycles. The minimum Gasteiger partial charge on any atom is -0.497 e. The van der Waals surface area contributed by atoms with Crippen molar-refractivity contribution in [1.82, 2.24) is 5.16 Å². The number of carboxylic acids is 1. The van der Waals surface area contributed by atoms with E-state index >= 15 is 0 Å². The number of ether oxygens (including phenoxy) is 2. The SMILES string of the molecule is CCOC(=O)N(c1ccc(OC)cc1)c1c(C)noc1-c1ccc(-c2ccc(C3(C(=O)O)CC3)cc2)cc1. The summed E-state index contributed by atoms with van der Waals surface area (Å²) in [5.41, 5.74) is 4.42. The summed E-state index contributed by atoms with van der Waals surface area (Å²) >= 11 is 0. The van der Waals surface area contributed by atoms with Crippen LogP contribution < -0.4 is 9.64 Å². The summed E-state index contributed by atoms with van der Waals surface area (Å²) in [6, 6.07) is 22.5. The first kappa shape index (κ1) is 25.1. The molecule has 4 aromatic rings. The molecule has 0 aliphatic heterocycles. The molecule has 1 amide bonds. The molecule has 0 unspecified atom stereocenters. The first-order valence-electron chi connectivity index (χ1n) is 12.4. The van der Waals surface area contributed by atoms with E-state index in [1.165, 1.54) is 4.90 Å². The number of hydrogen-bond donors (Lipinski definition) is 1. The lowest BCUT2D eigenvalue weighted by Crippen LogP contribution is -2.27. The Hall–Kier alpha value is -4.59. The van der Waals surface area contributed by atoms with Crippen LogP contribution in [-0.4, -0.2) is 36.0 Å². The first-order chi connectivity index (χ1) is 18.4. The van der Waals surface area contributed by atoms with Gasteiger partial charge in [-0.3, -0.25) is 4.79 Å². The number of carboxylic acid groups (broad SMARTS) is 1. The molecule has 8 heteroatoms. The fourth-order valence-corrected chi connectivity index (χ4v) is 4.61. The largest absolute Gasteiger partial charge is 0.497 e. The molecule has 0 spiro atoms. The molecule has 1 saturated carbocycles. The van der Waals surface area contributed by atoms with E-state index in [1.807, 2.05) is 48.5 Å². The second-order valence-electron chi connectivity index (χ2n) is 9.22. The minimum atomic E-state index is -0.765. The van der Waals surface area contributed by atoms with Crippen LogP contribution in [0.25, 0.3) is 22.5 Å². The summed E-state index contributed by atoms with van der Waals surface area (Å²) in [6.07, 6.45) is 0.806. The van der Waals surface area contributed by atoms with Gasteiger partial charge in [-0.15, -0.1) is 0 Å². The van der Waals surface area contributed by atoms with Gasteiger partial charge in [0.1, 0.15) is 17.1 Å². The van der Waals surface area contributed by atoms with E-state index in [9.17, 15) is 14.7 Å². The van der Waals surface area contributed by atoms with Gasteiger partial charge in [0.15, 0.2) is 5.76 Å². The molecule has 8 nitrogen and oxygen atoms in total. The molecule has 194 valence electrons. The molecule has 1 heterocycles. The molecule has 1 aliphatic carbocycles. The third-order valence-corrected chi connectivity index (χ3v) is 6.91. The minimum absolute atomic E-state index is 0.215. The van der Waals surface area contributed by atoms with Crippen LogP contribution in [0.15, 0.2) is 77.3 Å². The van der Waals surface area contributed by atoms with E-state index in [-0.39, 0.29) is 6.61 Å². The number of rotatable bonds is 8. The number of carbonyl (C=O) groups is 2. The molecule has 38 heavy (non-hydrogen) atoms. The number of nitrogens with zero attached hydrogens (tertiary/aromatic N) is 2. The van der Waals surface area contributed by atoms with Crippen molar-refractivity contribution in [2.75, 3.05) is 18.6 Å². The molecule has 1 fully saturated rings. The molecule has 0 saturated heterocycles. The number of hydrogen-bond acceptors (Lipinski definition) is 6. The van der Waals surface area contributed by atoms with Gasteiger partial charge in [0.2, 0.25) is 0 Å². The fraction of sp³-hybridized carbons (Fsp3) is 0.233. The van der Waals surface area contributed by atoms with E-state index in [1.54, 1.807) is 45.2 Å². The monoisotopic (exact) mass is 512 g/mol. The van der Waals surface area contributed by atoms with Crippen LogP contribution in [0.2, 0.25) is 0 Å². The summed E-state index contributed by atoms with van der Waals surface area (Å²) < 4.78 is 16.3. The summed E-state index contributed by atoms with van der Waals surface area (Å²) in [4.78, 5) is 26.2. The Morgan fingerprint density at radius 3 is 2.05 bits per heavy atom. The maximum atomic E-state index is 13.1.